The number of benzene rings is 1. The van der Waals surface area contributed by atoms with E-state index in [2.05, 4.69) is 26.6 Å². The number of rotatable bonds is 21. The summed E-state index contributed by atoms with van der Waals surface area (Å²) >= 11 is 0. The lowest BCUT2D eigenvalue weighted by molar-refractivity contribution is -0.142. The maximum atomic E-state index is 13.2. The SMILES string of the molecule is CC(C)C[C@H](NC(=O)[C@H](CCCCN)NC(=O)[C@H](C)NC(=O)[C@H](CC(C)C)NC(=O)CNC(=O)[C@@H](N)Cc1ccccc1)C(=O)O. The second-order valence-electron chi connectivity index (χ2n) is 12.4. The third-order valence-electron chi connectivity index (χ3n) is 7.07. The molecule has 0 unspecified atom stereocenters. The Balaban J connectivity index is 2.81. The predicted molar refractivity (Wildman–Crippen MR) is 174 cm³/mol. The quantitative estimate of drug-likeness (QED) is 0.0833. The molecule has 258 valence electrons. The van der Waals surface area contributed by atoms with Gasteiger partial charge in [-0.1, -0.05) is 58.0 Å². The smallest absolute Gasteiger partial charge is 0.326 e. The van der Waals surface area contributed by atoms with Gasteiger partial charge in [-0.15, -0.1) is 0 Å². The Morgan fingerprint density at radius 1 is 0.717 bits per heavy atom. The van der Waals surface area contributed by atoms with Gasteiger partial charge in [-0.25, -0.2) is 4.79 Å². The van der Waals surface area contributed by atoms with E-state index in [4.69, 9.17) is 11.5 Å². The molecule has 0 fully saturated rings. The Labute approximate surface area is 271 Å². The van der Waals surface area contributed by atoms with Gasteiger partial charge in [-0.05, 0) is 69.4 Å². The van der Waals surface area contributed by atoms with Crippen LogP contribution in [0.4, 0.5) is 0 Å². The third-order valence-corrected chi connectivity index (χ3v) is 7.07. The molecule has 0 bridgehead atoms. The lowest BCUT2D eigenvalue weighted by Crippen LogP contribution is -2.57. The minimum atomic E-state index is -1.18. The summed E-state index contributed by atoms with van der Waals surface area (Å²) in [6.45, 7) is 8.81. The van der Waals surface area contributed by atoms with E-state index >= 15 is 0 Å². The van der Waals surface area contributed by atoms with Crippen LogP contribution in [-0.4, -0.2) is 83.9 Å². The van der Waals surface area contributed by atoms with Crippen molar-refractivity contribution in [3.63, 3.8) is 0 Å². The van der Waals surface area contributed by atoms with Crippen molar-refractivity contribution in [2.45, 2.75) is 103 Å². The Bertz CT molecular complexity index is 1150. The number of aliphatic carboxylic acids is 1. The van der Waals surface area contributed by atoms with Crippen LogP contribution < -0.4 is 38.1 Å². The van der Waals surface area contributed by atoms with Crippen LogP contribution in [0.15, 0.2) is 30.3 Å². The number of carboxylic acid groups (broad SMARTS) is 1. The highest BCUT2D eigenvalue weighted by molar-refractivity contribution is 5.95. The minimum Gasteiger partial charge on any atom is -0.480 e. The second kappa shape index (κ2) is 20.9. The highest BCUT2D eigenvalue weighted by atomic mass is 16.4. The largest absolute Gasteiger partial charge is 0.480 e. The van der Waals surface area contributed by atoms with Gasteiger partial charge in [0.05, 0.1) is 12.6 Å². The fourth-order valence-corrected chi connectivity index (χ4v) is 4.61. The summed E-state index contributed by atoms with van der Waals surface area (Å²) in [6, 6.07) is 4.08. The molecule has 5 atom stereocenters. The lowest BCUT2D eigenvalue weighted by atomic mass is 10.0. The maximum Gasteiger partial charge on any atom is 0.326 e. The number of hydrogen-bond donors (Lipinski definition) is 8. The number of nitrogens with two attached hydrogens (primary N) is 2. The van der Waals surface area contributed by atoms with Gasteiger partial charge in [0, 0.05) is 0 Å². The zero-order valence-electron chi connectivity index (χ0n) is 27.6. The molecule has 0 radical (unpaired) electrons. The van der Waals surface area contributed by atoms with Gasteiger partial charge in [0.2, 0.25) is 29.5 Å². The van der Waals surface area contributed by atoms with Crippen molar-refractivity contribution < 1.29 is 33.9 Å². The number of carbonyl (C=O) groups excluding carboxylic acids is 5. The highest BCUT2D eigenvalue weighted by Gasteiger charge is 2.30. The molecule has 0 saturated carbocycles. The van der Waals surface area contributed by atoms with Crippen molar-refractivity contribution >= 4 is 35.5 Å². The number of hydrogen-bond acceptors (Lipinski definition) is 8. The predicted octanol–water partition coefficient (Wildman–Crippen LogP) is -0.0625. The van der Waals surface area contributed by atoms with E-state index in [1.54, 1.807) is 0 Å². The summed E-state index contributed by atoms with van der Waals surface area (Å²) in [7, 11) is 0. The van der Waals surface area contributed by atoms with Gasteiger partial charge < -0.3 is 43.2 Å². The molecule has 0 aliphatic rings. The van der Waals surface area contributed by atoms with Crippen molar-refractivity contribution in [3.8, 4) is 0 Å². The van der Waals surface area contributed by atoms with E-state index in [9.17, 15) is 33.9 Å². The number of amides is 5. The first-order valence-electron chi connectivity index (χ1n) is 15.8. The first-order chi connectivity index (χ1) is 21.6. The van der Waals surface area contributed by atoms with Gasteiger partial charge >= 0.3 is 5.97 Å². The van der Waals surface area contributed by atoms with E-state index in [0.717, 1.165) is 5.56 Å². The van der Waals surface area contributed by atoms with Crippen molar-refractivity contribution in [3.05, 3.63) is 35.9 Å². The Hall–Kier alpha value is -4.04. The van der Waals surface area contributed by atoms with E-state index < -0.39 is 72.3 Å². The highest BCUT2D eigenvalue weighted by Crippen LogP contribution is 2.09. The van der Waals surface area contributed by atoms with E-state index in [1.165, 1.54) is 6.92 Å². The molecule has 10 N–H and O–H groups in total. The molecular formula is C32H53N7O7. The molecule has 0 aromatic heterocycles. The zero-order valence-corrected chi connectivity index (χ0v) is 27.6. The Morgan fingerprint density at radius 2 is 1.28 bits per heavy atom. The summed E-state index contributed by atoms with van der Waals surface area (Å²) in [5, 5.41) is 22.3. The first-order valence-corrected chi connectivity index (χ1v) is 15.8. The molecule has 14 heteroatoms. The third kappa shape index (κ3) is 15.8. The van der Waals surface area contributed by atoms with Crippen LogP contribution in [0.5, 0.6) is 0 Å². The molecule has 14 nitrogen and oxygen atoms in total. The van der Waals surface area contributed by atoms with Crippen LogP contribution in [0.1, 0.15) is 72.3 Å². The van der Waals surface area contributed by atoms with Crippen molar-refractivity contribution in [2.24, 2.45) is 23.3 Å². The number of unbranched alkanes of at least 4 members (excludes halogenated alkanes) is 1. The van der Waals surface area contributed by atoms with Crippen LogP contribution >= 0.6 is 0 Å². The second-order valence-corrected chi connectivity index (χ2v) is 12.4. The van der Waals surface area contributed by atoms with Crippen LogP contribution in [0.2, 0.25) is 0 Å². The van der Waals surface area contributed by atoms with E-state index in [0.29, 0.717) is 25.8 Å². The molecule has 1 rings (SSSR count). The average molecular weight is 648 g/mol. The van der Waals surface area contributed by atoms with Gasteiger partial charge in [0.1, 0.15) is 24.2 Å². The van der Waals surface area contributed by atoms with Gasteiger partial charge in [-0.3, -0.25) is 24.0 Å². The molecule has 46 heavy (non-hydrogen) atoms. The topological polar surface area (TPSA) is 235 Å². The van der Waals surface area contributed by atoms with Gasteiger partial charge in [0.15, 0.2) is 0 Å². The van der Waals surface area contributed by atoms with Crippen molar-refractivity contribution in [1.82, 2.24) is 26.6 Å². The van der Waals surface area contributed by atoms with E-state index in [-0.39, 0.29) is 31.1 Å². The summed E-state index contributed by atoms with van der Waals surface area (Å²) < 4.78 is 0. The maximum absolute atomic E-state index is 13.2. The fourth-order valence-electron chi connectivity index (χ4n) is 4.61. The monoisotopic (exact) mass is 647 g/mol. The molecule has 1 aromatic rings. The molecule has 0 saturated heterocycles. The summed E-state index contributed by atoms with van der Waals surface area (Å²) in [4.78, 5) is 76.0. The average Bonchev–Trinajstić information content (AvgIpc) is 2.98. The normalized spacial score (nSPS) is 14.4. The Kier molecular flexibility index (Phi) is 18.2. The van der Waals surface area contributed by atoms with Crippen molar-refractivity contribution in [1.29, 1.82) is 0 Å². The Morgan fingerprint density at radius 3 is 1.85 bits per heavy atom. The molecule has 0 aliphatic carbocycles. The lowest BCUT2D eigenvalue weighted by Gasteiger charge is -2.25. The van der Waals surface area contributed by atoms with Crippen LogP contribution in [0.3, 0.4) is 0 Å². The van der Waals surface area contributed by atoms with Crippen molar-refractivity contribution in [2.75, 3.05) is 13.1 Å². The molecule has 1 aromatic carbocycles. The number of nitrogens with one attached hydrogen (secondary N) is 5. The molecule has 0 heterocycles. The molecule has 0 aliphatic heterocycles. The molecule has 0 spiro atoms. The summed E-state index contributed by atoms with van der Waals surface area (Å²) in [6.07, 6.45) is 2.08. The summed E-state index contributed by atoms with van der Waals surface area (Å²) in [5.41, 5.74) is 12.4. The minimum absolute atomic E-state index is 0.00212. The molecule has 5 amide bonds. The summed E-state index contributed by atoms with van der Waals surface area (Å²) in [5.74, 6) is -4.22. The number of carboxylic acids is 1. The van der Waals surface area contributed by atoms with Crippen LogP contribution in [0, 0.1) is 11.8 Å². The standard InChI is InChI=1S/C32H53N7O7/c1-19(2)15-25(37-27(40)18-35-29(42)23(34)17-22-11-7-6-8-12-22)31(44)36-21(5)28(41)38-24(13-9-10-14-33)30(43)39-26(32(45)46)16-20(3)4/h6-8,11-12,19-21,23-26H,9-10,13-18,33-34H2,1-5H3,(H,35,42)(H,36,44)(H,37,40)(H,38,41)(H,39,43)(H,45,46)/t21-,23-,24-,25-,26-/m0/s1. The number of carbonyl (C=O) groups is 6. The first kappa shape index (κ1) is 40.0. The van der Waals surface area contributed by atoms with Gasteiger partial charge in [-0.2, -0.15) is 0 Å². The molecular weight excluding hydrogens is 594 g/mol. The van der Waals surface area contributed by atoms with Crippen LogP contribution in [0.25, 0.3) is 0 Å². The van der Waals surface area contributed by atoms with Gasteiger partial charge in [0.25, 0.3) is 0 Å². The van der Waals surface area contributed by atoms with Crippen LogP contribution in [-0.2, 0) is 35.2 Å². The zero-order chi connectivity index (χ0) is 34.8. The fraction of sp³-hybridized carbons (Fsp3) is 0.625. The van der Waals surface area contributed by atoms with E-state index in [1.807, 2.05) is 58.0 Å².